The molecule has 0 fully saturated rings. The van der Waals surface area contributed by atoms with Crippen LogP contribution < -0.4 is 10.1 Å². The smallest absolute Gasteiger partial charge is 0.141 e. The number of methoxy groups -OCH3 is 1. The van der Waals surface area contributed by atoms with Gasteiger partial charge < -0.3 is 20.1 Å². The van der Waals surface area contributed by atoms with E-state index in [1.54, 1.807) is 20.4 Å². The lowest BCUT2D eigenvalue weighted by atomic mass is 10.1. The molecule has 3 N–H and O–H groups in total. The van der Waals surface area contributed by atoms with Crippen molar-refractivity contribution in [2.24, 2.45) is 0 Å². The lowest BCUT2D eigenvalue weighted by Gasteiger charge is -2.12. The second-order valence-corrected chi connectivity index (χ2v) is 7.91. The number of aromatic amines is 1. The molecule has 0 saturated carbocycles. The Morgan fingerprint density at radius 3 is 2.64 bits per heavy atom. The Bertz CT molecular complexity index is 1450. The second kappa shape index (κ2) is 8.76. The first kappa shape index (κ1) is 20.7. The molecule has 1 unspecified atom stereocenters. The standard InChI is InChI=1S/C27H24N4O2/c1-17(32)19-6-3-18(4-7-19)5-8-21-14-23-25(15-26(21)33-2)29-16-30-27(23)31-22-9-10-24-20(13-22)11-12-28-24/h3-17,28,32H,1-2H3,(H,29,30,31). The lowest BCUT2D eigenvalue weighted by molar-refractivity contribution is 0.199. The molecule has 0 radical (unpaired) electrons. The van der Waals surface area contributed by atoms with Crippen LogP contribution in [0.25, 0.3) is 34.0 Å². The zero-order valence-electron chi connectivity index (χ0n) is 18.4. The highest BCUT2D eigenvalue weighted by atomic mass is 16.5. The minimum atomic E-state index is -0.479. The van der Waals surface area contributed by atoms with Crippen LogP contribution in [0, 0.1) is 0 Å². The van der Waals surface area contributed by atoms with E-state index < -0.39 is 6.10 Å². The van der Waals surface area contributed by atoms with Gasteiger partial charge in [0.05, 0.1) is 18.7 Å². The maximum Gasteiger partial charge on any atom is 0.141 e. The minimum absolute atomic E-state index is 0.479. The SMILES string of the molecule is COc1cc2ncnc(Nc3ccc4[nH]ccc4c3)c2cc1C=Cc1ccc(C(C)O)cc1. The molecule has 0 saturated heterocycles. The van der Waals surface area contributed by atoms with Crippen molar-refractivity contribution >= 4 is 45.5 Å². The molecule has 0 aliphatic rings. The molecule has 5 rings (SSSR count). The number of anilines is 2. The molecule has 164 valence electrons. The molecule has 0 spiro atoms. The van der Waals surface area contributed by atoms with Crippen molar-refractivity contribution in [2.75, 3.05) is 12.4 Å². The molecule has 2 heterocycles. The first-order valence-electron chi connectivity index (χ1n) is 10.7. The van der Waals surface area contributed by atoms with Crippen molar-refractivity contribution in [3.8, 4) is 5.75 Å². The fourth-order valence-corrected chi connectivity index (χ4v) is 3.85. The maximum absolute atomic E-state index is 9.71. The lowest BCUT2D eigenvalue weighted by Crippen LogP contribution is -1.97. The van der Waals surface area contributed by atoms with Crippen molar-refractivity contribution in [3.63, 3.8) is 0 Å². The number of aliphatic hydroxyl groups is 1. The molecule has 0 aliphatic heterocycles. The number of fused-ring (bicyclic) bond motifs is 2. The first-order chi connectivity index (χ1) is 16.1. The summed E-state index contributed by atoms with van der Waals surface area (Å²) in [4.78, 5) is 12.1. The molecular weight excluding hydrogens is 412 g/mol. The van der Waals surface area contributed by atoms with Gasteiger partial charge in [-0.15, -0.1) is 0 Å². The summed E-state index contributed by atoms with van der Waals surface area (Å²) in [5.74, 6) is 1.46. The van der Waals surface area contributed by atoms with Gasteiger partial charge in [0, 0.05) is 39.8 Å². The molecule has 0 aliphatic carbocycles. The maximum atomic E-state index is 9.71. The van der Waals surface area contributed by atoms with Crippen molar-refractivity contribution < 1.29 is 9.84 Å². The minimum Gasteiger partial charge on any atom is -0.496 e. The quantitative estimate of drug-likeness (QED) is 0.281. The summed E-state index contributed by atoms with van der Waals surface area (Å²) in [7, 11) is 1.66. The number of nitrogens with one attached hydrogen (secondary N) is 2. The number of H-pyrrole nitrogens is 1. The molecule has 0 bridgehead atoms. The summed E-state index contributed by atoms with van der Waals surface area (Å²) >= 11 is 0. The Kier molecular flexibility index (Phi) is 5.50. The number of aromatic nitrogens is 3. The summed E-state index contributed by atoms with van der Waals surface area (Å²) in [6, 6.07) is 20.0. The van der Waals surface area contributed by atoms with E-state index in [-0.39, 0.29) is 0 Å². The van der Waals surface area contributed by atoms with Crippen LogP contribution in [0.4, 0.5) is 11.5 Å². The number of rotatable bonds is 6. The van der Waals surface area contributed by atoms with Gasteiger partial charge in [-0.1, -0.05) is 36.4 Å². The topological polar surface area (TPSA) is 83.1 Å². The second-order valence-electron chi connectivity index (χ2n) is 7.91. The number of nitrogens with zero attached hydrogens (tertiary/aromatic N) is 2. The van der Waals surface area contributed by atoms with E-state index in [1.165, 1.54) is 0 Å². The van der Waals surface area contributed by atoms with Crippen molar-refractivity contribution in [3.05, 3.63) is 89.9 Å². The average Bonchev–Trinajstić information content (AvgIpc) is 3.30. The summed E-state index contributed by atoms with van der Waals surface area (Å²) in [5, 5.41) is 15.2. The molecule has 6 heteroatoms. The zero-order valence-corrected chi connectivity index (χ0v) is 18.4. The molecule has 6 nitrogen and oxygen atoms in total. The van der Waals surface area contributed by atoms with Crippen LogP contribution in [-0.4, -0.2) is 27.2 Å². The van der Waals surface area contributed by atoms with Crippen molar-refractivity contribution in [2.45, 2.75) is 13.0 Å². The third-order valence-corrected chi connectivity index (χ3v) is 5.68. The van der Waals surface area contributed by atoms with Gasteiger partial charge in [-0.25, -0.2) is 9.97 Å². The highest BCUT2D eigenvalue weighted by Gasteiger charge is 2.10. The van der Waals surface area contributed by atoms with Crippen LogP contribution in [-0.2, 0) is 0 Å². The Labute approximate surface area is 191 Å². The summed E-state index contributed by atoms with van der Waals surface area (Å²) < 4.78 is 5.62. The van der Waals surface area contributed by atoms with Crippen LogP contribution in [0.3, 0.4) is 0 Å². The van der Waals surface area contributed by atoms with Crippen LogP contribution >= 0.6 is 0 Å². The highest BCUT2D eigenvalue weighted by molar-refractivity contribution is 5.95. The van der Waals surface area contributed by atoms with Gasteiger partial charge >= 0.3 is 0 Å². The molecule has 0 amide bonds. The Balaban J connectivity index is 1.50. The fraction of sp³-hybridized carbons (Fsp3) is 0.111. The third kappa shape index (κ3) is 4.29. The predicted molar refractivity (Wildman–Crippen MR) is 134 cm³/mol. The zero-order chi connectivity index (χ0) is 22.8. The number of aliphatic hydroxyl groups excluding tert-OH is 1. The predicted octanol–water partition coefficient (Wildman–Crippen LogP) is 6.09. The molecule has 2 aromatic heterocycles. The van der Waals surface area contributed by atoms with E-state index in [0.29, 0.717) is 0 Å². The molecule has 3 aromatic carbocycles. The van der Waals surface area contributed by atoms with Gasteiger partial charge in [0.15, 0.2) is 0 Å². The van der Waals surface area contributed by atoms with Crippen LogP contribution in [0.1, 0.15) is 29.7 Å². The van der Waals surface area contributed by atoms with E-state index in [9.17, 15) is 5.11 Å². The largest absolute Gasteiger partial charge is 0.496 e. The van der Waals surface area contributed by atoms with E-state index in [4.69, 9.17) is 4.74 Å². The van der Waals surface area contributed by atoms with Gasteiger partial charge in [-0.2, -0.15) is 0 Å². The first-order valence-corrected chi connectivity index (χ1v) is 10.7. The van der Waals surface area contributed by atoms with E-state index in [2.05, 4.69) is 26.3 Å². The van der Waals surface area contributed by atoms with E-state index in [0.717, 1.165) is 55.8 Å². The number of ether oxygens (including phenoxy) is 1. The van der Waals surface area contributed by atoms with Gasteiger partial charge in [-0.3, -0.25) is 0 Å². The third-order valence-electron chi connectivity index (χ3n) is 5.68. The molecule has 5 aromatic rings. The van der Waals surface area contributed by atoms with Crippen molar-refractivity contribution in [1.82, 2.24) is 15.0 Å². The van der Waals surface area contributed by atoms with Crippen molar-refractivity contribution in [1.29, 1.82) is 0 Å². The van der Waals surface area contributed by atoms with Gasteiger partial charge in [0.2, 0.25) is 0 Å². The van der Waals surface area contributed by atoms with E-state index >= 15 is 0 Å². The highest BCUT2D eigenvalue weighted by Crippen LogP contribution is 2.31. The Morgan fingerprint density at radius 1 is 1.00 bits per heavy atom. The Hall–Kier alpha value is -4.16. The normalized spacial score (nSPS) is 12.5. The number of benzene rings is 3. The van der Waals surface area contributed by atoms with E-state index in [1.807, 2.05) is 72.9 Å². The molecule has 33 heavy (non-hydrogen) atoms. The molecule has 1 atom stereocenters. The van der Waals surface area contributed by atoms with Crippen LogP contribution in [0.2, 0.25) is 0 Å². The fourth-order valence-electron chi connectivity index (χ4n) is 3.85. The van der Waals surface area contributed by atoms with Gasteiger partial charge in [0.25, 0.3) is 0 Å². The number of hydrogen-bond donors (Lipinski definition) is 3. The van der Waals surface area contributed by atoms with Crippen LogP contribution in [0.5, 0.6) is 5.75 Å². The van der Waals surface area contributed by atoms with Gasteiger partial charge in [0.1, 0.15) is 17.9 Å². The monoisotopic (exact) mass is 436 g/mol. The van der Waals surface area contributed by atoms with Crippen LogP contribution in [0.15, 0.2) is 73.2 Å². The molecular formula is C27H24N4O2. The average molecular weight is 437 g/mol. The summed E-state index contributed by atoms with van der Waals surface area (Å²) in [6.07, 6.45) is 7.03. The Morgan fingerprint density at radius 2 is 1.85 bits per heavy atom. The number of hydrogen-bond acceptors (Lipinski definition) is 5. The summed E-state index contributed by atoms with van der Waals surface area (Å²) in [5.41, 5.74) is 5.68. The summed E-state index contributed by atoms with van der Waals surface area (Å²) in [6.45, 7) is 1.76. The van der Waals surface area contributed by atoms with Gasteiger partial charge in [-0.05, 0) is 48.4 Å².